The van der Waals surface area contributed by atoms with Crippen molar-refractivity contribution in [1.29, 1.82) is 5.26 Å². The van der Waals surface area contributed by atoms with Gasteiger partial charge in [-0.2, -0.15) is 5.26 Å². The highest BCUT2D eigenvalue weighted by atomic mass is 32.2. The van der Waals surface area contributed by atoms with Crippen molar-refractivity contribution in [2.75, 3.05) is 12.9 Å². The Morgan fingerprint density at radius 2 is 2.36 bits per heavy atom. The molecule has 1 aliphatic rings. The summed E-state index contributed by atoms with van der Waals surface area (Å²) in [6, 6.07) is 5.89. The molecular formula is C16H17N3O2S. The summed E-state index contributed by atoms with van der Waals surface area (Å²) in [4.78, 5) is 16.5. The van der Waals surface area contributed by atoms with E-state index in [9.17, 15) is 10.1 Å². The third kappa shape index (κ3) is 3.00. The fourth-order valence-corrected chi connectivity index (χ4v) is 3.07. The lowest BCUT2D eigenvalue weighted by Gasteiger charge is -2.28. The van der Waals surface area contributed by atoms with Crippen molar-refractivity contribution in [1.82, 2.24) is 10.3 Å². The lowest BCUT2D eigenvalue weighted by Crippen LogP contribution is -2.28. The Morgan fingerprint density at radius 3 is 2.91 bits per heavy atom. The minimum atomic E-state index is -0.457. The van der Waals surface area contributed by atoms with E-state index in [0.717, 1.165) is 10.6 Å². The summed E-state index contributed by atoms with van der Waals surface area (Å²) in [5.74, 6) is -0.865. The van der Waals surface area contributed by atoms with Gasteiger partial charge in [0.25, 0.3) is 0 Å². The van der Waals surface area contributed by atoms with Crippen LogP contribution in [-0.4, -0.2) is 23.8 Å². The van der Waals surface area contributed by atoms with Crippen molar-refractivity contribution in [3.63, 3.8) is 0 Å². The molecule has 0 bridgehead atoms. The highest BCUT2D eigenvalue weighted by molar-refractivity contribution is 8.02. The number of pyridine rings is 1. The lowest BCUT2D eigenvalue weighted by atomic mass is 9.83. The number of rotatable bonds is 4. The second kappa shape index (κ2) is 7.14. The van der Waals surface area contributed by atoms with Crippen LogP contribution in [0.25, 0.3) is 0 Å². The van der Waals surface area contributed by atoms with Gasteiger partial charge in [-0.1, -0.05) is 6.07 Å². The summed E-state index contributed by atoms with van der Waals surface area (Å²) in [6.45, 7) is 3.87. The molecule has 2 heterocycles. The molecule has 1 atom stereocenters. The monoisotopic (exact) mass is 315 g/mol. The number of carbonyl (C=O) groups excluding carboxylic acids is 1. The second-order valence-electron chi connectivity index (χ2n) is 4.66. The van der Waals surface area contributed by atoms with Gasteiger partial charge in [-0.3, -0.25) is 4.98 Å². The van der Waals surface area contributed by atoms with Crippen LogP contribution in [0.1, 0.15) is 25.3 Å². The molecule has 2 rings (SSSR count). The zero-order valence-electron chi connectivity index (χ0n) is 12.7. The Balaban J connectivity index is 2.61. The molecule has 0 amide bonds. The van der Waals surface area contributed by atoms with E-state index in [0.29, 0.717) is 16.8 Å². The van der Waals surface area contributed by atoms with Gasteiger partial charge in [-0.15, -0.1) is 11.8 Å². The molecule has 0 unspecified atom stereocenters. The normalized spacial score (nSPS) is 17.8. The molecule has 0 fully saturated rings. The van der Waals surface area contributed by atoms with Crippen LogP contribution in [0.5, 0.6) is 0 Å². The van der Waals surface area contributed by atoms with E-state index in [2.05, 4.69) is 16.4 Å². The summed E-state index contributed by atoms with van der Waals surface area (Å²) in [6.07, 6.45) is 5.23. The number of dihydropyridines is 1. The zero-order chi connectivity index (χ0) is 16.1. The van der Waals surface area contributed by atoms with E-state index in [-0.39, 0.29) is 6.61 Å². The second-order valence-corrected chi connectivity index (χ2v) is 5.48. The Labute approximate surface area is 134 Å². The van der Waals surface area contributed by atoms with Gasteiger partial charge in [0.15, 0.2) is 0 Å². The standard InChI is InChI=1S/C16H17N3O2S/c1-4-21-16(20)13-10(2)19-15(22-3)12(8-17)14(13)11-6-5-7-18-9-11/h5-7,9,14,19H,4H2,1-3H3/t14-/m0/s1. The number of ether oxygens (including phenoxy) is 1. The molecule has 0 saturated carbocycles. The van der Waals surface area contributed by atoms with Crippen molar-refractivity contribution >= 4 is 17.7 Å². The molecule has 0 spiro atoms. The van der Waals surface area contributed by atoms with Gasteiger partial charge in [0.2, 0.25) is 0 Å². The molecule has 1 aliphatic heterocycles. The minimum absolute atomic E-state index is 0.288. The molecule has 5 nitrogen and oxygen atoms in total. The Morgan fingerprint density at radius 1 is 1.59 bits per heavy atom. The number of nitrogens with one attached hydrogen (secondary N) is 1. The molecule has 0 aromatic carbocycles. The molecular weight excluding hydrogens is 298 g/mol. The van der Waals surface area contributed by atoms with Gasteiger partial charge in [0.1, 0.15) is 0 Å². The van der Waals surface area contributed by atoms with E-state index in [1.807, 2.05) is 19.2 Å². The number of nitriles is 1. The van der Waals surface area contributed by atoms with Crippen LogP contribution in [-0.2, 0) is 9.53 Å². The maximum absolute atomic E-state index is 12.4. The number of hydrogen-bond acceptors (Lipinski definition) is 6. The molecule has 0 radical (unpaired) electrons. The Kier molecular flexibility index (Phi) is 5.23. The van der Waals surface area contributed by atoms with E-state index in [4.69, 9.17) is 4.74 Å². The van der Waals surface area contributed by atoms with Crippen molar-refractivity contribution < 1.29 is 9.53 Å². The molecule has 6 heteroatoms. The third-order valence-electron chi connectivity index (χ3n) is 3.36. The first-order valence-corrected chi connectivity index (χ1v) is 8.09. The SMILES string of the molecule is CCOC(=O)C1=C(C)NC(SC)=C(C#N)[C@@H]1c1cccnc1. The number of hydrogen-bond donors (Lipinski definition) is 1. The number of nitrogens with zero attached hydrogens (tertiary/aromatic N) is 2. The van der Waals surface area contributed by atoms with Gasteiger partial charge >= 0.3 is 5.97 Å². The predicted octanol–water partition coefficient (Wildman–Crippen LogP) is 2.70. The van der Waals surface area contributed by atoms with Crippen LogP contribution < -0.4 is 5.32 Å². The summed E-state index contributed by atoms with van der Waals surface area (Å²) >= 11 is 1.45. The quantitative estimate of drug-likeness (QED) is 0.861. The third-order valence-corrected chi connectivity index (χ3v) is 4.09. The summed E-state index contributed by atoms with van der Waals surface area (Å²) in [7, 11) is 0. The van der Waals surface area contributed by atoms with Gasteiger partial charge < -0.3 is 10.1 Å². The van der Waals surface area contributed by atoms with Crippen LogP contribution in [0, 0.1) is 11.3 Å². The van der Waals surface area contributed by atoms with Crippen LogP contribution in [0.3, 0.4) is 0 Å². The summed E-state index contributed by atoms with van der Waals surface area (Å²) < 4.78 is 5.17. The maximum Gasteiger partial charge on any atom is 0.336 e. The van der Waals surface area contributed by atoms with Gasteiger partial charge in [-0.05, 0) is 31.7 Å². The van der Waals surface area contributed by atoms with E-state index in [1.165, 1.54) is 11.8 Å². The average Bonchev–Trinajstić information content (AvgIpc) is 2.54. The number of allylic oxidation sites excluding steroid dienone is 2. The largest absolute Gasteiger partial charge is 0.463 e. The number of carbonyl (C=O) groups is 1. The fourth-order valence-electron chi connectivity index (χ4n) is 2.43. The maximum atomic E-state index is 12.4. The summed E-state index contributed by atoms with van der Waals surface area (Å²) in [5.41, 5.74) is 2.48. The lowest BCUT2D eigenvalue weighted by molar-refractivity contribution is -0.138. The Bertz CT molecular complexity index is 674. The smallest absolute Gasteiger partial charge is 0.336 e. The molecule has 22 heavy (non-hydrogen) atoms. The van der Waals surface area contributed by atoms with Crippen molar-refractivity contribution in [2.45, 2.75) is 19.8 Å². The topological polar surface area (TPSA) is 75.0 Å². The molecule has 1 N–H and O–H groups in total. The molecule has 0 saturated heterocycles. The van der Waals surface area contributed by atoms with E-state index >= 15 is 0 Å². The first kappa shape index (κ1) is 16.1. The highest BCUT2D eigenvalue weighted by Gasteiger charge is 2.35. The minimum Gasteiger partial charge on any atom is -0.463 e. The van der Waals surface area contributed by atoms with Crippen LogP contribution in [0.15, 0.2) is 46.4 Å². The van der Waals surface area contributed by atoms with Crippen LogP contribution >= 0.6 is 11.8 Å². The van der Waals surface area contributed by atoms with E-state index in [1.54, 1.807) is 25.4 Å². The number of thioether (sulfide) groups is 1. The van der Waals surface area contributed by atoms with Crippen molar-refractivity contribution in [3.8, 4) is 6.07 Å². The first-order valence-electron chi connectivity index (χ1n) is 6.87. The van der Waals surface area contributed by atoms with Crippen molar-refractivity contribution in [3.05, 3.63) is 52.0 Å². The zero-order valence-corrected chi connectivity index (χ0v) is 13.5. The average molecular weight is 315 g/mol. The van der Waals surface area contributed by atoms with Crippen LogP contribution in [0.4, 0.5) is 0 Å². The predicted molar refractivity (Wildman–Crippen MR) is 85.6 cm³/mol. The van der Waals surface area contributed by atoms with Crippen molar-refractivity contribution in [2.24, 2.45) is 0 Å². The number of aromatic nitrogens is 1. The Hall–Kier alpha value is -2.26. The van der Waals surface area contributed by atoms with E-state index < -0.39 is 11.9 Å². The molecule has 114 valence electrons. The van der Waals surface area contributed by atoms with Gasteiger partial charge in [0.05, 0.1) is 34.8 Å². The first-order chi connectivity index (χ1) is 10.6. The van der Waals surface area contributed by atoms with Crippen LogP contribution in [0.2, 0.25) is 0 Å². The van der Waals surface area contributed by atoms with Gasteiger partial charge in [-0.25, -0.2) is 4.79 Å². The number of esters is 1. The molecule has 1 aromatic rings. The molecule has 1 aromatic heterocycles. The summed E-state index contributed by atoms with van der Waals surface area (Å²) in [5, 5.41) is 13.5. The fraction of sp³-hybridized carbons (Fsp3) is 0.312. The molecule has 0 aliphatic carbocycles. The van der Waals surface area contributed by atoms with Gasteiger partial charge in [0, 0.05) is 18.1 Å². The highest BCUT2D eigenvalue weighted by Crippen LogP contribution is 2.40.